The third-order valence-electron chi connectivity index (χ3n) is 13.6. The maximum atomic E-state index is 15.0. The van der Waals surface area contributed by atoms with Crippen LogP contribution in [-0.4, -0.2) is 9.13 Å². The van der Waals surface area contributed by atoms with Gasteiger partial charge in [0.05, 0.1) is 56.7 Å². The summed E-state index contributed by atoms with van der Waals surface area (Å²) in [5, 5.41) is 2.95. The topological polar surface area (TPSA) is 14.2 Å². The van der Waals surface area contributed by atoms with Gasteiger partial charge in [0.2, 0.25) is 0 Å². The number of aryl methyl sites for hydroxylation is 3. The fourth-order valence-corrected chi connectivity index (χ4v) is 10.4. The van der Waals surface area contributed by atoms with Gasteiger partial charge < -0.3 is 9.13 Å². The summed E-state index contributed by atoms with van der Waals surface area (Å²) in [5.41, 5.74) is 6.11. The van der Waals surface area contributed by atoms with Gasteiger partial charge >= 0.3 is 18.5 Å². The average Bonchev–Trinajstić information content (AvgIpc) is 3.87. The number of halogens is 9. The van der Waals surface area contributed by atoms with E-state index in [9.17, 15) is 39.5 Å². The Morgan fingerprint density at radius 1 is 0.384 bits per heavy atom. The van der Waals surface area contributed by atoms with Gasteiger partial charge in [-0.25, -0.2) is 4.85 Å². The van der Waals surface area contributed by atoms with Crippen LogP contribution in [0.25, 0.3) is 104 Å². The van der Waals surface area contributed by atoms with Crippen LogP contribution < -0.4 is 0 Å². The van der Waals surface area contributed by atoms with Crippen molar-refractivity contribution in [2.45, 2.75) is 39.3 Å². The molecule has 0 N–H and O–H groups in total. The van der Waals surface area contributed by atoms with Crippen molar-refractivity contribution in [3.8, 4) is 55.9 Å². The molecular weight excluding hydrogens is 946 g/mol. The molecule has 0 radical (unpaired) electrons. The van der Waals surface area contributed by atoms with Crippen LogP contribution in [0.2, 0.25) is 0 Å². The number of hydrogen-bond acceptors (Lipinski definition) is 0. The summed E-state index contributed by atoms with van der Waals surface area (Å²) >= 11 is 0. The zero-order chi connectivity index (χ0) is 51.3. The molecule has 0 aliphatic heterocycles. The first-order valence-electron chi connectivity index (χ1n) is 23.1. The second-order valence-electron chi connectivity index (χ2n) is 18.4. The highest BCUT2D eigenvalue weighted by Gasteiger charge is 2.35. The van der Waals surface area contributed by atoms with Crippen LogP contribution in [0.1, 0.15) is 33.4 Å². The van der Waals surface area contributed by atoms with E-state index in [0.29, 0.717) is 83.4 Å². The SMILES string of the molecule is [C-]#[N+]c1ccc(-n2c3ccccc3c3cc(-c4cc(C)cc(C(F)(F)F)c4)ccc32)c(-c2ccc(-c3c(C)cccc3C(F)(F)F)cc2-n2c3ccccc3c3cc(-c4cc(C)cc(C(F)(F)F)c4)ccc32)c1. The molecule has 9 aromatic carbocycles. The summed E-state index contributed by atoms with van der Waals surface area (Å²) < 4.78 is 133. The summed E-state index contributed by atoms with van der Waals surface area (Å²) in [4.78, 5) is 3.81. The Morgan fingerprint density at radius 2 is 0.890 bits per heavy atom. The molecule has 0 atom stereocenters. The van der Waals surface area contributed by atoms with Gasteiger partial charge in [-0.2, -0.15) is 39.5 Å². The van der Waals surface area contributed by atoms with Gasteiger partial charge in [-0.05, 0) is 161 Å². The summed E-state index contributed by atoms with van der Waals surface area (Å²) in [6, 6.07) is 48.1. The molecule has 73 heavy (non-hydrogen) atoms. The number of rotatable bonds is 6. The first kappa shape index (κ1) is 46.8. The van der Waals surface area contributed by atoms with Crippen molar-refractivity contribution in [1.82, 2.24) is 9.13 Å². The zero-order valence-corrected chi connectivity index (χ0v) is 39.0. The number of alkyl halides is 9. The first-order chi connectivity index (χ1) is 34.8. The van der Waals surface area contributed by atoms with E-state index in [1.54, 1.807) is 87.5 Å². The molecule has 0 amide bonds. The molecule has 0 spiro atoms. The molecule has 3 nitrogen and oxygen atoms in total. The standard InChI is InChI=1S/C61H38F9N3/c1-34-24-40(28-42(26-34)59(62,63)64)37-17-21-54-48(30-37)45-11-5-7-14-52(45)72(54)56-23-19-44(71-4)33-50(56)47-20-16-39(58-36(3)10-9-13-51(58)61(68,69)70)32-57(47)73-53-15-8-6-12-46(53)49-31-38(18-22-55(49)73)41-25-35(2)27-43(29-41)60(65,66)67/h5-33H,1-3H3. The molecule has 0 saturated carbocycles. The summed E-state index contributed by atoms with van der Waals surface area (Å²) in [6.07, 6.45) is -13.8. The van der Waals surface area contributed by atoms with E-state index in [2.05, 4.69) is 4.85 Å². The zero-order valence-electron chi connectivity index (χ0n) is 39.0. The number of aromatic nitrogens is 2. The van der Waals surface area contributed by atoms with E-state index < -0.39 is 35.2 Å². The number of fused-ring (bicyclic) bond motifs is 6. The Balaban J connectivity index is 1.20. The van der Waals surface area contributed by atoms with Gasteiger partial charge in [0.15, 0.2) is 5.69 Å². The lowest BCUT2D eigenvalue weighted by Crippen LogP contribution is -2.08. The molecule has 0 unspecified atom stereocenters. The molecular formula is C61H38F9N3. The maximum Gasteiger partial charge on any atom is 0.417 e. The predicted octanol–water partition coefficient (Wildman–Crippen LogP) is 19.1. The van der Waals surface area contributed by atoms with Crippen molar-refractivity contribution in [3.63, 3.8) is 0 Å². The molecule has 0 bridgehead atoms. The molecule has 11 rings (SSSR count). The lowest BCUT2D eigenvalue weighted by molar-refractivity contribution is -0.138. The minimum atomic E-state index is -4.71. The van der Waals surface area contributed by atoms with Gasteiger partial charge in [-0.15, -0.1) is 0 Å². The summed E-state index contributed by atoms with van der Waals surface area (Å²) in [5.74, 6) is 0. The number of para-hydroxylation sites is 2. The van der Waals surface area contributed by atoms with E-state index in [1.807, 2.05) is 81.9 Å². The van der Waals surface area contributed by atoms with Crippen LogP contribution in [0.5, 0.6) is 0 Å². The monoisotopic (exact) mass is 983 g/mol. The van der Waals surface area contributed by atoms with Gasteiger partial charge in [-0.3, -0.25) is 0 Å². The second-order valence-corrected chi connectivity index (χ2v) is 18.4. The van der Waals surface area contributed by atoms with Crippen LogP contribution in [-0.2, 0) is 18.5 Å². The highest BCUT2D eigenvalue weighted by Crippen LogP contribution is 2.47. The van der Waals surface area contributed by atoms with Gasteiger partial charge in [0.1, 0.15) is 0 Å². The molecule has 2 aromatic heterocycles. The van der Waals surface area contributed by atoms with Crippen LogP contribution in [0, 0.1) is 27.3 Å². The average molecular weight is 984 g/mol. The Bertz CT molecular complexity index is 4100. The molecule has 360 valence electrons. The van der Waals surface area contributed by atoms with Crippen molar-refractivity contribution >= 4 is 49.3 Å². The molecule has 0 aliphatic rings. The maximum absolute atomic E-state index is 15.0. The van der Waals surface area contributed by atoms with Crippen molar-refractivity contribution < 1.29 is 39.5 Å². The number of hydrogen-bond donors (Lipinski definition) is 0. The third-order valence-corrected chi connectivity index (χ3v) is 13.6. The fraction of sp³-hybridized carbons (Fsp3) is 0.0984. The second kappa shape index (κ2) is 17.1. The van der Waals surface area contributed by atoms with Gasteiger partial charge in [0.25, 0.3) is 0 Å². The van der Waals surface area contributed by atoms with E-state index in [-0.39, 0.29) is 16.8 Å². The predicted molar refractivity (Wildman–Crippen MR) is 272 cm³/mol. The van der Waals surface area contributed by atoms with Gasteiger partial charge in [-0.1, -0.05) is 91.0 Å². The normalized spacial score (nSPS) is 12.4. The molecule has 0 aliphatic carbocycles. The van der Waals surface area contributed by atoms with Crippen molar-refractivity contribution in [2.24, 2.45) is 0 Å². The molecule has 2 heterocycles. The van der Waals surface area contributed by atoms with E-state index in [1.165, 1.54) is 6.07 Å². The Labute approximate surface area is 412 Å². The van der Waals surface area contributed by atoms with Crippen LogP contribution >= 0.6 is 0 Å². The molecule has 11 aromatic rings. The Hall–Kier alpha value is -8.56. The van der Waals surface area contributed by atoms with Crippen molar-refractivity contribution in [2.75, 3.05) is 0 Å². The summed E-state index contributed by atoms with van der Waals surface area (Å²) in [6.45, 7) is 13.0. The quantitative estimate of drug-likeness (QED) is 0.116. The lowest BCUT2D eigenvalue weighted by atomic mass is 9.91. The van der Waals surface area contributed by atoms with Crippen LogP contribution in [0.3, 0.4) is 0 Å². The van der Waals surface area contributed by atoms with Gasteiger partial charge in [0, 0.05) is 27.1 Å². The minimum absolute atomic E-state index is 0.0185. The number of nitrogens with zero attached hydrogens (tertiary/aromatic N) is 3. The highest BCUT2D eigenvalue weighted by atomic mass is 19.4. The Morgan fingerprint density at radius 3 is 1.41 bits per heavy atom. The molecule has 0 fully saturated rings. The third kappa shape index (κ3) is 8.15. The van der Waals surface area contributed by atoms with E-state index in [0.717, 1.165) is 52.0 Å². The molecule has 0 saturated heterocycles. The highest BCUT2D eigenvalue weighted by molar-refractivity contribution is 6.13. The smallest absolute Gasteiger partial charge is 0.309 e. The summed E-state index contributed by atoms with van der Waals surface area (Å²) in [7, 11) is 0. The largest absolute Gasteiger partial charge is 0.417 e. The lowest BCUT2D eigenvalue weighted by Gasteiger charge is -2.21. The molecule has 12 heteroatoms. The van der Waals surface area contributed by atoms with E-state index >= 15 is 0 Å². The number of benzene rings is 9. The van der Waals surface area contributed by atoms with Crippen LogP contribution in [0.15, 0.2) is 176 Å². The fourth-order valence-electron chi connectivity index (χ4n) is 10.4. The Kier molecular flexibility index (Phi) is 10.9. The van der Waals surface area contributed by atoms with Crippen LogP contribution in [0.4, 0.5) is 45.2 Å². The van der Waals surface area contributed by atoms with E-state index in [4.69, 9.17) is 6.57 Å². The van der Waals surface area contributed by atoms with Crippen molar-refractivity contribution in [3.05, 3.63) is 221 Å². The first-order valence-corrected chi connectivity index (χ1v) is 23.1. The van der Waals surface area contributed by atoms with Crippen molar-refractivity contribution in [1.29, 1.82) is 0 Å². The minimum Gasteiger partial charge on any atom is -0.309 e.